The molecule has 2 aromatic rings. The maximum Gasteiger partial charge on any atom is 0.469 e. The van der Waals surface area contributed by atoms with Gasteiger partial charge < -0.3 is 25.0 Å². The Balaban J connectivity index is 1.34. The van der Waals surface area contributed by atoms with Crippen LogP contribution in [0, 0.1) is 5.92 Å². The van der Waals surface area contributed by atoms with E-state index in [-0.39, 0.29) is 6.61 Å². The number of hydrogen-bond donors (Lipinski definition) is 3. The Morgan fingerprint density at radius 1 is 1.12 bits per heavy atom. The minimum Gasteiger partial charge on any atom is -0.497 e. The summed E-state index contributed by atoms with van der Waals surface area (Å²) in [4.78, 5) is 17.9. The molecule has 0 bridgehead atoms. The second kappa shape index (κ2) is 9.54. The van der Waals surface area contributed by atoms with Crippen molar-refractivity contribution in [2.75, 3.05) is 20.3 Å². The highest BCUT2D eigenvalue weighted by Gasteiger charge is 2.38. The number of phosphoric acid groups is 1. The maximum absolute atomic E-state index is 11.0. The van der Waals surface area contributed by atoms with Crippen LogP contribution in [-0.4, -0.2) is 35.6 Å². The van der Waals surface area contributed by atoms with Crippen LogP contribution in [0.2, 0.25) is 0 Å². The van der Waals surface area contributed by atoms with Crippen LogP contribution >= 0.6 is 7.82 Å². The molecule has 0 saturated heterocycles. The van der Waals surface area contributed by atoms with Crippen molar-refractivity contribution < 1.29 is 28.3 Å². The Hall–Kier alpha value is -1.89. The summed E-state index contributed by atoms with van der Waals surface area (Å²) in [6, 6.07) is 14.4. The largest absolute Gasteiger partial charge is 0.497 e. The van der Waals surface area contributed by atoms with Crippen molar-refractivity contribution >= 4 is 7.82 Å². The van der Waals surface area contributed by atoms with Crippen molar-refractivity contribution in [1.29, 1.82) is 0 Å². The van der Waals surface area contributed by atoms with Gasteiger partial charge in [-0.2, -0.15) is 0 Å². The van der Waals surface area contributed by atoms with Gasteiger partial charge in [0.25, 0.3) is 0 Å². The molecule has 174 valence electrons. The Labute approximate surface area is 189 Å². The molecular formula is C24H32NO6P. The van der Waals surface area contributed by atoms with Crippen LogP contribution < -0.4 is 15.2 Å². The van der Waals surface area contributed by atoms with E-state index in [2.05, 4.69) is 18.2 Å². The first-order chi connectivity index (χ1) is 15.2. The Morgan fingerprint density at radius 2 is 1.94 bits per heavy atom. The number of nitrogens with two attached hydrogens (primary N) is 1. The summed E-state index contributed by atoms with van der Waals surface area (Å²) in [5, 5.41) is 0. The molecule has 0 radical (unpaired) electrons. The number of aryl methyl sites for hydroxylation is 1. The number of methoxy groups -OCH3 is 1. The third-order valence-corrected chi connectivity index (χ3v) is 7.19. The van der Waals surface area contributed by atoms with E-state index >= 15 is 0 Å². The van der Waals surface area contributed by atoms with Crippen molar-refractivity contribution in [2.45, 2.75) is 50.0 Å². The van der Waals surface area contributed by atoms with E-state index in [9.17, 15) is 4.57 Å². The molecule has 1 fully saturated rings. The number of benzene rings is 2. The Morgan fingerprint density at radius 3 is 2.72 bits per heavy atom. The van der Waals surface area contributed by atoms with Gasteiger partial charge in [0.2, 0.25) is 0 Å². The molecule has 1 unspecified atom stereocenters. The number of ether oxygens (including phenoxy) is 2. The number of phosphoric ester groups is 1. The van der Waals surface area contributed by atoms with E-state index in [0.29, 0.717) is 31.3 Å². The molecule has 0 aromatic heterocycles. The van der Waals surface area contributed by atoms with Gasteiger partial charge in [0.1, 0.15) is 11.5 Å². The molecule has 0 heterocycles. The molecule has 0 aliphatic heterocycles. The van der Waals surface area contributed by atoms with Crippen LogP contribution in [-0.2, 0) is 21.9 Å². The van der Waals surface area contributed by atoms with E-state index in [1.165, 1.54) is 16.7 Å². The SMILES string of the molecule is COc1cccc(OCC2CCc3cc([C@@H]4CC[C@](N)(COP(=O)(O)O)C4)ccc3C2)c1. The summed E-state index contributed by atoms with van der Waals surface area (Å²) in [6.07, 6.45) is 5.37. The van der Waals surface area contributed by atoms with Crippen LogP contribution in [0.3, 0.4) is 0 Å². The van der Waals surface area contributed by atoms with Gasteiger partial charge in [0.05, 0.1) is 20.3 Å². The lowest BCUT2D eigenvalue weighted by atomic mass is 9.82. The van der Waals surface area contributed by atoms with Crippen LogP contribution in [0.4, 0.5) is 0 Å². The van der Waals surface area contributed by atoms with Crippen LogP contribution in [0.1, 0.15) is 48.3 Å². The van der Waals surface area contributed by atoms with Gasteiger partial charge in [-0.05, 0) is 79.2 Å². The summed E-state index contributed by atoms with van der Waals surface area (Å²) in [5.41, 5.74) is 9.70. The molecule has 7 nitrogen and oxygen atoms in total. The number of fused-ring (bicyclic) bond motifs is 1. The Bertz CT molecular complexity index is 992. The number of hydrogen-bond acceptors (Lipinski definition) is 5. The van der Waals surface area contributed by atoms with E-state index in [1.54, 1.807) is 7.11 Å². The highest BCUT2D eigenvalue weighted by atomic mass is 31.2. The predicted octanol–water partition coefficient (Wildman–Crippen LogP) is 3.95. The summed E-state index contributed by atoms with van der Waals surface area (Å²) in [6.45, 7) is 0.569. The van der Waals surface area contributed by atoms with Gasteiger partial charge in [-0.25, -0.2) is 4.57 Å². The molecule has 1 saturated carbocycles. The molecule has 2 aliphatic rings. The van der Waals surface area contributed by atoms with Crippen molar-refractivity contribution in [1.82, 2.24) is 0 Å². The minimum atomic E-state index is -4.50. The normalized spacial score (nSPS) is 25.4. The van der Waals surface area contributed by atoms with Crippen LogP contribution in [0.5, 0.6) is 11.5 Å². The molecule has 2 aromatic carbocycles. The molecule has 32 heavy (non-hydrogen) atoms. The molecule has 0 spiro atoms. The van der Waals surface area contributed by atoms with Gasteiger partial charge in [-0.3, -0.25) is 4.52 Å². The molecule has 4 rings (SSSR count). The van der Waals surface area contributed by atoms with E-state index in [4.69, 9.17) is 29.5 Å². The fourth-order valence-corrected chi connectivity index (χ4v) is 5.36. The summed E-state index contributed by atoms with van der Waals surface area (Å²) in [5.74, 6) is 2.40. The second-order valence-electron chi connectivity index (χ2n) is 9.19. The third-order valence-electron chi connectivity index (χ3n) is 6.72. The molecular weight excluding hydrogens is 429 g/mol. The topological polar surface area (TPSA) is 111 Å². The highest BCUT2D eigenvalue weighted by molar-refractivity contribution is 7.46. The Kier molecular flexibility index (Phi) is 6.94. The van der Waals surface area contributed by atoms with Crippen molar-refractivity contribution in [3.05, 3.63) is 59.2 Å². The molecule has 4 N–H and O–H groups in total. The van der Waals surface area contributed by atoms with Gasteiger partial charge in [-0.1, -0.05) is 24.3 Å². The van der Waals surface area contributed by atoms with Gasteiger partial charge in [0, 0.05) is 11.6 Å². The number of rotatable bonds is 8. The van der Waals surface area contributed by atoms with Gasteiger partial charge in [0.15, 0.2) is 0 Å². The van der Waals surface area contributed by atoms with Crippen LogP contribution in [0.15, 0.2) is 42.5 Å². The van der Waals surface area contributed by atoms with E-state index < -0.39 is 13.4 Å². The summed E-state index contributed by atoms with van der Waals surface area (Å²) < 4.78 is 27.0. The molecule has 8 heteroatoms. The van der Waals surface area contributed by atoms with Crippen molar-refractivity contribution in [2.24, 2.45) is 11.7 Å². The zero-order chi connectivity index (χ0) is 22.8. The minimum absolute atomic E-state index is 0.117. The van der Waals surface area contributed by atoms with E-state index in [1.807, 2.05) is 24.3 Å². The smallest absolute Gasteiger partial charge is 0.469 e. The monoisotopic (exact) mass is 461 g/mol. The molecule has 0 amide bonds. The fourth-order valence-electron chi connectivity index (χ4n) is 4.94. The standard InChI is InChI=1S/C24H32NO6P/c1-29-22-3-2-4-23(13-22)30-15-17-5-6-19-12-20(8-7-18(19)11-17)21-9-10-24(25,14-21)16-31-32(26,27)28/h2-4,7-8,12-13,17,21H,5-6,9-11,14-16,25H2,1H3,(H2,26,27,28)/t17?,21-,24-/m1/s1. The average molecular weight is 461 g/mol. The lowest BCUT2D eigenvalue weighted by molar-refractivity contribution is 0.153. The highest BCUT2D eigenvalue weighted by Crippen LogP contribution is 2.44. The first kappa shape index (κ1) is 23.3. The van der Waals surface area contributed by atoms with Gasteiger partial charge >= 0.3 is 7.82 Å². The summed E-state index contributed by atoms with van der Waals surface area (Å²) >= 11 is 0. The first-order valence-corrected chi connectivity index (χ1v) is 12.6. The lowest BCUT2D eigenvalue weighted by Gasteiger charge is -2.27. The van der Waals surface area contributed by atoms with Crippen molar-refractivity contribution in [3.8, 4) is 11.5 Å². The zero-order valence-corrected chi connectivity index (χ0v) is 19.3. The van der Waals surface area contributed by atoms with Crippen molar-refractivity contribution in [3.63, 3.8) is 0 Å². The predicted molar refractivity (Wildman–Crippen MR) is 122 cm³/mol. The van der Waals surface area contributed by atoms with Gasteiger partial charge in [-0.15, -0.1) is 0 Å². The quantitative estimate of drug-likeness (QED) is 0.511. The van der Waals surface area contributed by atoms with E-state index in [0.717, 1.165) is 37.2 Å². The first-order valence-electron chi connectivity index (χ1n) is 11.1. The molecule has 3 atom stereocenters. The molecule has 2 aliphatic carbocycles. The second-order valence-corrected chi connectivity index (χ2v) is 10.4. The zero-order valence-electron chi connectivity index (χ0n) is 18.4. The third kappa shape index (κ3) is 5.91. The fraction of sp³-hybridized carbons (Fsp3) is 0.500. The van der Waals surface area contributed by atoms with Crippen LogP contribution in [0.25, 0.3) is 0 Å². The summed E-state index contributed by atoms with van der Waals surface area (Å²) in [7, 11) is -2.85. The lowest BCUT2D eigenvalue weighted by Crippen LogP contribution is -2.41. The maximum atomic E-state index is 11.0. The average Bonchev–Trinajstić information content (AvgIpc) is 3.18.